The molecule has 0 spiro atoms. The van der Waals surface area contributed by atoms with E-state index in [9.17, 15) is 22.0 Å². The molecule has 0 N–H and O–H groups in total. The number of carbonyl (C=O) groups excluding carboxylic acids is 1. The summed E-state index contributed by atoms with van der Waals surface area (Å²) in [5, 5.41) is 0. The predicted molar refractivity (Wildman–Crippen MR) is 74.6 cm³/mol. The summed E-state index contributed by atoms with van der Waals surface area (Å²) < 4.78 is 50.8. The summed E-state index contributed by atoms with van der Waals surface area (Å²) in [7, 11) is -1.57. The highest BCUT2D eigenvalue weighted by atomic mass is 32.2. The van der Waals surface area contributed by atoms with Crippen molar-refractivity contribution in [1.29, 1.82) is 0 Å². The smallest absolute Gasteiger partial charge is 0.248 e. The van der Waals surface area contributed by atoms with Gasteiger partial charge in [0.25, 0.3) is 0 Å². The Balaban J connectivity index is 1.81. The van der Waals surface area contributed by atoms with Crippen molar-refractivity contribution in [3.63, 3.8) is 0 Å². The summed E-state index contributed by atoms with van der Waals surface area (Å²) in [4.78, 5) is 13.6. The van der Waals surface area contributed by atoms with Crippen LogP contribution >= 0.6 is 0 Å². The molecule has 2 rings (SSSR count). The van der Waals surface area contributed by atoms with Gasteiger partial charge >= 0.3 is 0 Å². The number of sulfonamides is 1. The van der Waals surface area contributed by atoms with E-state index in [2.05, 4.69) is 0 Å². The molecule has 8 heteroatoms. The summed E-state index contributed by atoms with van der Waals surface area (Å²) in [6, 6.07) is -0.160. The SMILES string of the molecule is CN(C(=O)CCN1CCCS1(=O)=O)C1CCC(F)(F)CC1. The van der Waals surface area contributed by atoms with Gasteiger partial charge in [0.05, 0.1) is 5.75 Å². The second kappa shape index (κ2) is 6.16. The van der Waals surface area contributed by atoms with Gasteiger partial charge in [-0.25, -0.2) is 21.5 Å². The Morgan fingerprint density at radius 2 is 1.95 bits per heavy atom. The van der Waals surface area contributed by atoms with Crippen molar-refractivity contribution in [2.45, 2.75) is 50.5 Å². The minimum absolute atomic E-state index is 0.114. The van der Waals surface area contributed by atoms with Crippen molar-refractivity contribution in [2.75, 3.05) is 25.9 Å². The van der Waals surface area contributed by atoms with Crippen LogP contribution in [0.5, 0.6) is 0 Å². The van der Waals surface area contributed by atoms with Crippen LogP contribution in [0, 0.1) is 0 Å². The quantitative estimate of drug-likeness (QED) is 0.786. The number of rotatable bonds is 4. The van der Waals surface area contributed by atoms with E-state index in [1.165, 1.54) is 9.21 Å². The largest absolute Gasteiger partial charge is 0.343 e. The highest BCUT2D eigenvalue weighted by molar-refractivity contribution is 7.89. The molecule has 0 atom stereocenters. The average molecular weight is 324 g/mol. The molecule has 1 aliphatic heterocycles. The molecule has 1 heterocycles. The van der Waals surface area contributed by atoms with Gasteiger partial charge in [-0.3, -0.25) is 4.79 Å². The molecule has 0 aromatic rings. The van der Waals surface area contributed by atoms with Gasteiger partial charge in [0.2, 0.25) is 21.9 Å². The van der Waals surface area contributed by atoms with Crippen LogP contribution in [0.1, 0.15) is 38.5 Å². The zero-order chi connectivity index (χ0) is 15.7. The first kappa shape index (κ1) is 16.6. The number of hydrogen-bond donors (Lipinski definition) is 0. The van der Waals surface area contributed by atoms with Crippen LogP contribution in [0.3, 0.4) is 0 Å². The van der Waals surface area contributed by atoms with Crippen molar-refractivity contribution >= 4 is 15.9 Å². The molecule has 1 saturated carbocycles. The van der Waals surface area contributed by atoms with Crippen molar-refractivity contribution in [2.24, 2.45) is 0 Å². The fourth-order valence-electron chi connectivity index (χ4n) is 2.95. The first-order valence-electron chi connectivity index (χ1n) is 7.33. The Morgan fingerprint density at radius 3 is 2.48 bits per heavy atom. The van der Waals surface area contributed by atoms with E-state index < -0.39 is 15.9 Å². The maximum absolute atomic E-state index is 13.1. The Morgan fingerprint density at radius 1 is 1.33 bits per heavy atom. The minimum Gasteiger partial charge on any atom is -0.343 e. The molecule has 0 radical (unpaired) electrons. The second-order valence-electron chi connectivity index (χ2n) is 5.91. The summed E-state index contributed by atoms with van der Waals surface area (Å²) in [5.41, 5.74) is 0. The second-order valence-corrected chi connectivity index (χ2v) is 8.00. The summed E-state index contributed by atoms with van der Waals surface area (Å²) in [6.07, 6.45) is 0.951. The number of amides is 1. The third kappa shape index (κ3) is 4.12. The number of carbonyl (C=O) groups is 1. The number of nitrogens with zero attached hydrogens (tertiary/aromatic N) is 2. The highest BCUT2D eigenvalue weighted by Crippen LogP contribution is 2.34. The molecule has 1 saturated heterocycles. The molecule has 5 nitrogen and oxygen atoms in total. The topological polar surface area (TPSA) is 57.7 Å². The van der Waals surface area contributed by atoms with Crippen molar-refractivity contribution in [1.82, 2.24) is 9.21 Å². The van der Waals surface area contributed by atoms with E-state index in [-0.39, 0.29) is 43.5 Å². The van der Waals surface area contributed by atoms with E-state index in [1.807, 2.05) is 0 Å². The molecular formula is C13H22F2N2O3S. The van der Waals surface area contributed by atoms with E-state index >= 15 is 0 Å². The van der Waals surface area contributed by atoms with Crippen LogP contribution in [-0.2, 0) is 14.8 Å². The minimum atomic E-state index is -3.19. The van der Waals surface area contributed by atoms with Gasteiger partial charge in [0.15, 0.2) is 0 Å². The van der Waals surface area contributed by atoms with Crippen molar-refractivity contribution < 1.29 is 22.0 Å². The molecule has 0 aromatic carbocycles. The monoisotopic (exact) mass is 324 g/mol. The Hall–Kier alpha value is -0.760. The lowest BCUT2D eigenvalue weighted by molar-refractivity contribution is -0.134. The van der Waals surface area contributed by atoms with Crippen LogP contribution in [-0.4, -0.2) is 61.4 Å². The van der Waals surface area contributed by atoms with Gasteiger partial charge in [0.1, 0.15) is 0 Å². The summed E-state index contributed by atoms with van der Waals surface area (Å²) in [5.74, 6) is -2.63. The standard InChI is InChI=1S/C13H22F2N2O3S/c1-16(11-3-6-13(14,15)7-4-11)12(18)5-9-17-8-2-10-21(17,19)20/h11H,2-10H2,1H3. The van der Waals surface area contributed by atoms with E-state index in [4.69, 9.17) is 0 Å². The summed E-state index contributed by atoms with van der Waals surface area (Å²) in [6.45, 7) is 0.656. The normalized spacial score (nSPS) is 25.9. The van der Waals surface area contributed by atoms with Crippen LogP contribution < -0.4 is 0 Å². The third-order valence-electron chi connectivity index (χ3n) is 4.41. The number of hydrogen-bond acceptors (Lipinski definition) is 3. The number of halogens is 2. The van der Waals surface area contributed by atoms with Gasteiger partial charge in [-0.1, -0.05) is 0 Å². The van der Waals surface area contributed by atoms with Gasteiger partial charge < -0.3 is 4.90 Å². The van der Waals surface area contributed by atoms with Gasteiger partial charge in [0, 0.05) is 45.4 Å². The third-order valence-corrected chi connectivity index (χ3v) is 6.36. The van der Waals surface area contributed by atoms with Crippen molar-refractivity contribution in [3.05, 3.63) is 0 Å². The highest BCUT2D eigenvalue weighted by Gasteiger charge is 2.37. The van der Waals surface area contributed by atoms with Gasteiger partial charge in [-0.05, 0) is 19.3 Å². The molecule has 21 heavy (non-hydrogen) atoms. The maximum Gasteiger partial charge on any atom is 0.248 e. The Labute approximate surface area is 124 Å². The Kier molecular flexibility index (Phi) is 4.87. The first-order valence-corrected chi connectivity index (χ1v) is 8.93. The van der Waals surface area contributed by atoms with Crippen LogP contribution in [0.4, 0.5) is 8.78 Å². The van der Waals surface area contributed by atoms with Crippen LogP contribution in [0.15, 0.2) is 0 Å². The first-order chi connectivity index (χ1) is 9.71. The van der Waals surface area contributed by atoms with E-state index in [0.717, 1.165) is 0 Å². The lowest BCUT2D eigenvalue weighted by atomic mass is 9.91. The number of alkyl halides is 2. The molecule has 0 aromatic heterocycles. The van der Waals surface area contributed by atoms with Crippen LogP contribution in [0.2, 0.25) is 0 Å². The lowest BCUT2D eigenvalue weighted by Crippen LogP contribution is -2.42. The molecule has 2 aliphatic rings. The summed E-state index contributed by atoms with van der Waals surface area (Å²) >= 11 is 0. The predicted octanol–water partition coefficient (Wildman–Crippen LogP) is 1.45. The lowest BCUT2D eigenvalue weighted by Gasteiger charge is -2.34. The van der Waals surface area contributed by atoms with Gasteiger partial charge in [-0.15, -0.1) is 0 Å². The van der Waals surface area contributed by atoms with Gasteiger partial charge in [-0.2, -0.15) is 0 Å². The fraction of sp³-hybridized carbons (Fsp3) is 0.923. The molecule has 1 amide bonds. The molecule has 0 bridgehead atoms. The maximum atomic E-state index is 13.1. The average Bonchev–Trinajstić information content (AvgIpc) is 2.74. The molecule has 2 fully saturated rings. The zero-order valence-corrected chi connectivity index (χ0v) is 13.0. The van der Waals surface area contributed by atoms with Crippen molar-refractivity contribution in [3.8, 4) is 0 Å². The van der Waals surface area contributed by atoms with E-state index in [1.54, 1.807) is 7.05 Å². The molecular weight excluding hydrogens is 302 g/mol. The molecule has 1 aliphatic carbocycles. The zero-order valence-electron chi connectivity index (χ0n) is 12.2. The van der Waals surface area contributed by atoms with Crippen LogP contribution in [0.25, 0.3) is 0 Å². The fourth-order valence-corrected chi connectivity index (χ4v) is 4.48. The molecule has 122 valence electrons. The molecule has 0 unspecified atom stereocenters. The van der Waals surface area contributed by atoms with E-state index in [0.29, 0.717) is 25.8 Å². The Bertz CT molecular complexity index is 486.